The minimum Gasteiger partial charge on any atom is -0.411 e. The van der Waals surface area contributed by atoms with Gasteiger partial charge in [0.15, 0.2) is 0 Å². The third kappa shape index (κ3) is 2.23. The Bertz CT molecular complexity index is 750. The van der Waals surface area contributed by atoms with Crippen LogP contribution in [0.3, 0.4) is 0 Å². The lowest BCUT2D eigenvalue weighted by molar-refractivity contribution is -0.134. The Morgan fingerprint density at radius 1 is 1.14 bits per heavy atom. The summed E-state index contributed by atoms with van der Waals surface area (Å²) >= 11 is 0. The first-order valence-electron chi connectivity index (χ1n) is 11.9. The van der Waals surface area contributed by atoms with Gasteiger partial charge in [0.25, 0.3) is 0 Å². The van der Waals surface area contributed by atoms with E-state index in [9.17, 15) is 5.21 Å². The van der Waals surface area contributed by atoms with Crippen molar-refractivity contribution in [3.05, 3.63) is 23.8 Å². The maximum Gasteiger partial charge on any atom is 0.0926 e. The highest BCUT2D eigenvalue weighted by molar-refractivity contribution is 5.96. The minimum atomic E-state index is 0.0465. The molecule has 0 saturated heterocycles. The highest BCUT2D eigenvalue weighted by atomic mass is 16.5. The Morgan fingerprint density at radius 2 is 2.04 bits per heavy atom. The summed E-state index contributed by atoms with van der Waals surface area (Å²) in [4.78, 5) is 0. The van der Waals surface area contributed by atoms with Crippen LogP contribution in [0.25, 0.3) is 0 Å². The average Bonchev–Trinajstić information content (AvgIpc) is 3.39. The summed E-state index contributed by atoms with van der Waals surface area (Å²) in [5, 5.41) is 12.9. The van der Waals surface area contributed by atoms with Crippen molar-refractivity contribution >= 4 is 5.71 Å². The van der Waals surface area contributed by atoms with Crippen LogP contribution in [-0.2, 0) is 4.74 Å². The molecule has 1 heterocycles. The van der Waals surface area contributed by atoms with Crippen LogP contribution in [0.4, 0.5) is 0 Å². The van der Waals surface area contributed by atoms with Crippen LogP contribution in [0, 0.1) is 40.9 Å². The number of hydrogen-bond acceptors (Lipinski definition) is 3. The van der Waals surface area contributed by atoms with Crippen molar-refractivity contribution in [2.75, 3.05) is 6.61 Å². The molecule has 1 aliphatic heterocycles. The number of hydrogen-bond donors (Lipinski definition) is 1. The zero-order chi connectivity index (χ0) is 18.9. The van der Waals surface area contributed by atoms with Crippen molar-refractivity contribution in [1.29, 1.82) is 0 Å². The minimum absolute atomic E-state index is 0.0465. The first-order valence-corrected chi connectivity index (χ1v) is 11.9. The molecule has 0 amide bonds. The highest BCUT2D eigenvalue weighted by Gasteiger charge is 2.66. The second-order valence-electron chi connectivity index (χ2n) is 10.7. The number of rotatable bonds is 2. The van der Waals surface area contributed by atoms with Gasteiger partial charge in [-0.2, -0.15) is 0 Å². The smallest absolute Gasteiger partial charge is 0.0926 e. The number of oxime groups is 1. The van der Waals surface area contributed by atoms with Gasteiger partial charge in [0.05, 0.1) is 17.9 Å². The molecular weight excluding hydrogens is 346 g/mol. The van der Waals surface area contributed by atoms with E-state index in [0.29, 0.717) is 5.41 Å². The molecule has 1 spiro atoms. The number of allylic oxidation sites excluding steroid dienone is 2. The van der Waals surface area contributed by atoms with E-state index in [-0.39, 0.29) is 5.60 Å². The predicted molar refractivity (Wildman–Crippen MR) is 110 cm³/mol. The second kappa shape index (κ2) is 6.20. The van der Waals surface area contributed by atoms with Gasteiger partial charge in [-0.15, -0.1) is 0 Å². The number of nitrogens with zero attached hydrogens (tertiary/aromatic N) is 1. The van der Waals surface area contributed by atoms with Gasteiger partial charge < -0.3 is 9.94 Å². The van der Waals surface area contributed by atoms with E-state index in [4.69, 9.17) is 4.74 Å². The predicted octanol–water partition coefficient (Wildman–Crippen LogP) is 5.74. The zero-order valence-corrected chi connectivity index (χ0v) is 17.3. The lowest BCUT2D eigenvalue weighted by Gasteiger charge is -2.59. The fraction of sp³-hybridized carbons (Fsp3) is 0.800. The monoisotopic (exact) mass is 381 g/mol. The molecule has 7 atom stereocenters. The number of ether oxygens (including phenoxy) is 1. The summed E-state index contributed by atoms with van der Waals surface area (Å²) in [6.45, 7) is 3.27. The van der Waals surface area contributed by atoms with Crippen molar-refractivity contribution < 1.29 is 9.94 Å². The van der Waals surface area contributed by atoms with Crippen LogP contribution in [0.2, 0.25) is 0 Å². The van der Waals surface area contributed by atoms with Gasteiger partial charge >= 0.3 is 0 Å². The summed E-state index contributed by atoms with van der Waals surface area (Å²) in [6.07, 6.45) is 20.0. The molecule has 0 aromatic carbocycles. The maximum absolute atomic E-state index is 9.33. The summed E-state index contributed by atoms with van der Waals surface area (Å²) in [6, 6.07) is 0. The summed E-state index contributed by atoms with van der Waals surface area (Å²) in [7, 11) is 0. The Labute approximate surface area is 169 Å². The average molecular weight is 382 g/mol. The summed E-state index contributed by atoms with van der Waals surface area (Å²) < 4.78 is 6.53. The SMILES string of the molecule is CC[C@]12CCC3C(C1CC[C@@]21C=CCO1)[C@H](C1CC1)CC1=C/C(=N/O)CC[C@@H]13. The van der Waals surface area contributed by atoms with Crippen LogP contribution in [-0.4, -0.2) is 23.1 Å². The van der Waals surface area contributed by atoms with E-state index in [1.54, 1.807) is 5.57 Å². The topological polar surface area (TPSA) is 41.8 Å². The molecule has 3 nitrogen and oxygen atoms in total. The molecule has 152 valence electrons. The molecule has 3 unspecified atom stereocenters. The standard InChI is InChI=1S/C25H35NO2/c1-2-24-11-8-20-19-7-6-18(26-27)14-17(19)15-21(16-4-5-16)23(20)22(24)9-12-25(24)10-3-13-28-25/h3,10,14,16,19-23,27H,2,4-9,11-13,15H2,1H3/b26-18+/t19-,20?,21-,22?,23?,24-,25-/m0/s1. The van der Waals surface area contributed by atoms with Gasteiger partial charge in [0, 0.05) is 5.41 Å². The van der Waals surface area contributed by atoms with Crippen molar-refractivity contribution in [3.8, 4) is 0 Å². The normalized spacial score (nSPS) is 51.1. The van der Waals surface area contributed by atoms with Crippen molar-refractivity contribution in [2.24, 2.45) is 46.1 Å². The first-order chi connectivity index (χ1) is 13.7. The van der Waals surface area contributed by atoms with Gasteiger partial charge in [0.2, 0.25) is 0 Å². The quantitative estimate of drug-likeness (QED) is 0.376. The molecule has 5 aliphatic carbocycles. The highest BCUT2D eigenvalue weighted by Crippen LogP contribution is 2.70. The molecule has 4 fully saturated rings. The second-order valence-corrected chi connectivity index (χ2v) is 10.7. The van der Waals surface area contributed by atoms with E-state index < -0.39 is 0 Å². The van der Waals surface area contributed by atoms with E-state index in [1.807, 2.05) is 0 Å². The Hall–Kier alpha value is -1.09. The van der Waals surface area contributed by atoms with E-state index in [1.165, 1.54) is 57.8 Å². The van der Waals surface area contributed by atoms with Crippen molar-refractivity contribution in [3.63, 3.8) is 0 Å². The molecule has 0 radical (unpaired) electrons. The van der Waals surface area contributed by atoms with E-state index >= 15 is 0 Å². The molecule has 6 rings (SSSR count). The third-order valence-corrected chi connectivity index (χ3v) is 10.1. The van der Waals surface area contributed by atoms with Crippen LogP contribution in [0.1, 0.15) is 71.1 Å². The largest absolute Gasteiger partial charge is 0.411 e. The van der Waals surface area contributed by atoms with Crippen LogP contribution in [0.5, 0.6) is 0 Å². The van der Waals surface area contributed by atoms with Crippen LogP contribution in [0.15, 0.2) is 29.0 Å². The molecule has 4 saturated carbocycles. The molecule has 6 aliphatic rings. The van der Waals surface area contributed by atoms with Gasteiger partial charge in [-0.1, -0.05) is 29.8 Å². The molecule has 0 aromatic heterocycles. The van der Waals surface area contributed by atoms with Crippen LogP contribution < -0.4 is 0 Å². The van der Waals surface area contributed by atoms with E-state index in [0.717, 1.165) is 54.2 Å². The molecular formula is C25H35NO2. The summed E-state index contributed by atoms with van der Waals surface area (Å²) in [5.41, 5.74) is 2.97. The first kappa shape index (κ1) is 17.7. The fourth-order valence-electron chi connectivity index (χ4n) is 8.93. The van der Waals surface area contributed by atoms with Crippen LogP contribution >= 0.6 is 0 Å². The van der Waals surface area contributed by atoms with Gasteiger partial charge in [-0.3, -0.25) is 0 Å². The maximum atomic E-state index is 9.33. The fourth-order valence-corrected chi connectivity index (χ4v) is 8.93. The molecule has 1 N–H and O–H groups in total. The lowest BCUT2D eigenvalue weighted by atomic mass is 9.46. The molecule has 3 heteroatoms. The van der Waals surface area contributed by atoms with Crippen molar-refractivity contribution in [1.82, 2.24) is 0 Å². The van der Waals surface area contributed by atoms with Gasteiger partial charge in [-0.05, 0) is 106 Å². The van der Waals surface area contributed by atoms with Crippen molar-refractivity contribution in [2.45, 2.75) is 76.7 Å². The van der Waals surface area contributed by atoms with E-state index in [2.05, 4.69) is 30.3 Å². The Balaban J connectivity index is 1.40. The molecule has 0 bridgehead atoms. The molecule has 28 heavy (non-hydrogen) atoms. The molecule has 0 aromatic rings. The van der Waals surface area contributed by atoms with Gasteiger partial charge in [-0.25, -0.2) is 0 Å². The Kier molecular flexibility index (Phi) is 3.93. The summed E-state index contributed by atoms with van der Waals surface area (Å²) in [5.74, 6) is 5.16. The zero-order valence-electron chi connectivity index (χ0n) is 17.3. The number of fused-ring (bicyclic) bond motifs is 6. The Morgan fingerprint density at radius 3 is 2.75 bits per heavy atom. The van der Waals surface area contributed by atoms with Gasteiger partial charge in [0.1, 0.15) is 0 Å². The third-order valence-electron chi connectivity index (χ3n) is 10.1. The lowest BCUT2D eigenvalue weighted by Crippen LogP contribution is -2.55.